The second-order valence-corrected chi connectivity index (χ2v) is 12.2. The van der Waals surface area contributed by atoms with Crippen molar-refractivity contribution in [2.75, 3.05) is 0 Å². The summed E-state index contributed by atoms with van der Waals surface area (Å²) in [5, 5.41) is 0. The van der Waals surface area contributed by atoms with Crippen LogP contribution in [0.5, 0.6) is 0 Å². The van der Waals surface area contributed by atoms with Gasteiger partial charge in [0.1, 0.15) is 0 Å². The number of hydrogen-bond donors (Lipinski definition) is 0. The first kappa shape index (κ1) is 23.4. The SMILES string of the molecule is C=C(CC1=CCC=C1C1=Cc2cc(CC3CCCCC3)ccc2C1)C1=CC(C(C)(C)C)=CC1C. The normalized spacial score (nSPS) is 22.7. The van der Waals surface area contributed by atoms with Crippen molar-refractivity contribution < 1.29 is 0 Å². The van der Waals surface area contributed by atoms with E-state index in [1.54, 1.807) is 0 Å². The monoisotopic (exact) mass is 450 g/mol. The average molecular weight is 451 g/mol. The molecule has 34 heavy (non-hydrogen) atoms. The Hall–Kier alpha value is -2.34. The van der Waals surface area contributed by atoms with Crippen molar-refractivity contribution >= 4 is 6.08 Å². The zero-order valence-electron chi connectivity index (χ0n) is 21.8. The van der Waals surface area contributed by atoms with Crippen molar-refractivity contribution in [3.63, 3.8) is 0 Å². The van der Waals surface area contributed by atoms with Crippen LogP contribution >= 0.6 is 0 Å². The Kier molecular flexibility index (Phi) is 6.45. The first-order chi connectivity index (χ1) is 16.3. The number of rotatable bonds is 6. The lowest BCUT2D eigenvalue weighted by molar-refractivity contribution is 0.356. The van der Waals surface area contributed by atoms with Crippen LogP contribution in [-0.4, -0.2) is 0 Å². The van der Waals surface area contributed by atoms with Gasteiger partial charge in [-0.3, -0.25) is 0 Å². The van der Waals surface area contributed by atoms with E-state index in [1.807, 2.05) is 0 Å². The highest BCUT2D eigenvalue weighted by atomic mass is 14.3. The van der Waals surface area contributed by atoms with Gasteiger partial charge >= 0.3 is 0 Å². The van der Waals surface area contributed by atoms with Crippen LogP contribution in [0.15, 0.2) is 82.5 Å². The van der Waals surface area contributed by atoms with E-state index in [0.717, 1.165) is 25.2 Å². The topological polar surface area (TPSA) is 0 Å². The van der Waals surface area contributed by atoms with Gasteiger partial charge in [0.05, 0.1) is 0 Å². The fourth-order valence-electron chi connectivity index (χ4n) is 6.40. The molecule has 1 aromatic rings. The molecule has 0 aliphatic heterocycles. The van der Waals surface area contributed by atoms with Gasteiger partial charge < -0.3 is 0 Å². The molecule has 0 aromatic heterocycles. The predicted molar refractivity (Wildman–Crippen MR) is 148 cm³/mol. The van der Waals surface area contributed by atoms with E-state index in [1.165, 1.54) is 88.7 Å². The van der Waals surface area contributed by atoms with Crippen LogP contribution < -0.4 is 0 Å². The van der Waals surface area contributed by atoms with Gasteiger partial charge in [-0.2, -0.15) is 0 Å². The smallest absolute Gasteiger partial charge is 0.000168 e. The largest absolute Gasteiger partial charge is 0.0952 e. The molecule has 0 amide bonds. The molecule has 5 rings (SSSR count). The Morgan fingerprint density at radius 2 is 1.82 bits per heavy atom. The molecule has 1 unspecified atom stereocenters. The van der Waals surface area contributed by atoms with Gasteiger partial charge in [0, 0.05) is 0 Å². The Labute approximate surface area is 207 Å². The molecule has 178 valence electrons. The van der Waals surface area contributed by atoms with Crippen LogP contribution in [-0.2, 0) is 12.8 Å². The van der Waals surface area contributed by atoms with Gasteiger partial charge in [-0.15, -0.1) is 0 Å². The Bertz CT molecular complexity index is 1130. The van der Waals surface area contributed by atoms with Gasteiger partial charge in [-0.05, 0) is 93.1 Å². The minimum absolute atomic E-state index is 0.199. The van der Waals surface area contributed by atoms with E-state index in [2.05, 4.69) is 82.9 Å². The summed E-state index contributed by atoms with van der Waals surface area (Å²) in [5.41, 5.74) is 13.3. The molecule has 0 saturated heterocycles. The first-order valence-corrected chi connectivity index (χ1v) is 13.6. The molecule has 0 radical (unpaired) electrons. The fourth-order valence-corrected chi connectivity index (χ4v) is 6.40. The molecular weight excluding hydrogens is 408 g/mol. The Balaban J connectivity index is 1.27. The number of hydrogen-bond acceptors (Lipinski definition) is 0. The summed E-state index contributed by atoms with van der Waals surface area (Å²) in [5.74, 6) is 1.36. The summed E-state index contributed by atoms with van der Waals surface area (Å²) < 4.78 is 0. The van der Waals surface area contributed by atoms with Gasteiger partial charge in [-0.25, -0.2) is 0 Å². The summed E-state index contributed by atoms with van der Waals surface area (Å²) in [6.45, 7) is 13.8. The summed E-state index contributed by atoms with van der Waals surface area (Å²) >= 11 is 0. The van der Waals surface area contributed by atoms with Gasteiger partial charge in [-0.1, -0.05) is 115 Å². The molecule has 1 atom stereocenters. The number of benzene rings is 1. The van der Waals surface area contributed by atoms with Crippen molar-refractivity contribution in [2.24, 2.45) is 17.3 Å². The first-order valence-electron chi connectivity index (χ1n) is 13.6. The third-order valence-corrected chi connectivity index (χ3v) is 8.46. The summed E-state index contributed by atoms with van der Waals surface area (Å²) in [7, 11) is 0. The lowest BCUT2D eigenvalue weighted by Crippen LogP contribution is -2.09. The molecule has 1 saturated carbocycles. The third-order valence-electron chi connectivity index (χ3n) is 8.46. The molecule has 0 heterocycles. The summed E-state index contributed by atoms with van der Waals surface area (Å²) in [4.78, 5) is 0. The minimum Gasteiger partial charge on any atom is -0.0952 e. The molecule has 1 fully saturated rings. The van der Waals surface area contributed by atoms with Crippen LogP contribution in [0.2, 0.25) is 0 Å². The van der Waals surface area contributed by atoms with Crippen molar-refractivity contribution in [3.8, 4) is 0 Å². The highest BCUT2D eigenvalue weighted by Gasteiger charge is 2.26. The van der Waals surface area contributed by atoms with E-state index in [0.29, 0.717) is 5.92 Å². The van der Waals surface area contributed by atoms with E-state index in [-0.39, 0.29) is 5.41 Å². The molecule has 0 bridgehead atoms. The van der Waals surface area contributed by atoms with Gasteiger partial charge in [0.2, 0.25) is 0 Å². The number of fused-ring (bicyclic) bond motifs is 1. The van der Waals surface area contributed by atoms with E-state index >= 15 is 0 Å². The number of allylic oxidation sites excluding steroid dienone is 10. The van der Waals surface area contributed by atoms with Gasteiger partial charge in [0.15, 0.2) is 0 Å². The predicted octanol–water partition coefficient (Wildman–Crippen LogP) is 9.50. The zero-order valence-corrected chi connectivity index (χ0v) is 21.8. The molecular formula is C34H42. The molecule has 0 nitrogen and oxygen atoms in total. The molecule has 4 aliphatic carbocycles. The lowest BCUT2D eigenvalue weighted by Gasteiger charge is -2.21. The average Bonchev–Trinajstić information content (AvgIpc) is 3.51. The second-order valence-electron chi connectivity index (χ2n) is 12.2. The van der Waals surface area contributed by atoms with Crippen molar-refractivity contribution in [1.29, 1.82) is 0 Å². The van der Waals surface area contributed by atoms with E-state index in [9.17, 15) is 0 Å². The third kappa shape index (κ3) is 4.88. The maximum Gasteiger partial charge on any atom is -0.000168 e. The lowest BCUT2D eigenvalue weighted by atomic mass is 9.84. The maximum absolute atomic E-state index is 4.55. The maximum atomic E-state index is 4.55. The molecule has 0 spiro atoms. The second kappa shape index (κ2) is 9.37. The fraction of sp³-hybridized carbons (Fsp3) is 0.471. The van der Waals surface area contributed by atoms with E-state index < -0.39 is 0 Å². The molecule has 0 heteroatoms. The molecule has 1 aromatic carbocycles. The highest BCUT2D eigenvalue weighted by molar-refractivity contribution is 5.72. The zero-order chi connectivity index (χ0) is 23.9. The summed E-state index contributed by atoms with van der Waals surface area (Å²) in [6, 6.07) is 7.29. The van der Waals surface area contributed by atoms with Crippen LogP contribution in [0.4, 0.5) is 0 Å². The van der Waals surface area contributed by atoms with Crippen molar-refractivity contribution in [2.45, 2.75) is 85.5 Å². The quantitative estimate of drug-likeness (QED) is 0.405. The van der Waals surface area contributed by atoms with Crippen LogP contribution in [0, 0.1) is 17.3 Å². The van der Waals surface area contributed by atoms with Gasteiger partial charge in [0.25, 0.3) is 0 Å². The minimum atomic E-state index is 0.199. The van der Waals surface area contributed by atoms with Crippen molar-refractivity contribution in [1.82, 2.24) is 0 Å². The molecule has 0 N–H and O–H groups in total. The van der Waals surface area contributed by atoms with E-state index in [4.69, 9.17) is 0 Å². The van der Waals surface area contributed by atoms with Crippen LogP contribution in [0.25, 0.3) is 6.08 Å². The Morgan fingerprint density at radius 3 is 2.56 bits per heavy atom. The van der Waals surface area contributed by atoms with Crippen LogP contribution in [0.1, 0.15) is 89.3 Å². The highest BCUT2D eigenvalue weighted by Crippen LogP contribution is 2.42. The Morgan fingerprint density at radius 1 is 1.03 bits per heavy atom. The summed E-state index contributed by atoms with van der Waals surface area (Å²) in [6.07, 6.45) is 23.7. The van der Waals surface area contributed by atoms with Crippen LogP contribution in [0.3, 0.4) is 0 Å². The standard InChI is InChI=1S/C34H42/c1-23(33-22-31(17-24(33)2)34(3,4)5)16-28-12-9-13-32(28)30-20-27-15-14-26(19-29(27)21-30)18-25-10-7-6-8-11-25/h12-15,17,19,21-22,24-25H,1,6-11,16,18,20H2,2-5H3. The van der Waals surface area contributed by atoms with Crippen molar-refractivity contribution in [3.05, 3.63) is 99.2 Å². The molecule has 4 aliphatic rings.